The van der Waals surface area contributed by atoms with Crippen LogP contribution in [0.2, 0.25) is 0 Å². The first kappa shape index (κ1) is 26.7. The molecule has 176 valence electrons. The number of nitrogens with one attached hydrogen (secondary N) is 1. The number of aliphatic hydroxyl groups excluding tert-OH is 1. The number of aliphatic carboxylic acids is 1. The lowest BCUT2D eigenvalue weighted by atomic mass is 9.88. The van der Waals surface area contributed by atoms with Crippen molar-refractivity contribution in [1.82, 2.24) is 5.32 Å². The van der Waals surface area contributed by atoms with Crippen LogP contribution in [0.3, 0.4) is 0 Å². The average molecular weight is 527 g/mol. The van der Waals surface area contributed by atoms with Crippen LogP contribution in [0.4, 0.5) is 0 Å². The molecule has 3 rings (SSSR count). The van der Waals surface area contributed by atoms with Gasteiger partial charge in [0, 0.05) is 18.5 Å². The van der Waals surface area contributed by atoms with Gasteiger partial charge < -0.3 is 20.3 Å². The number of fused-ring (bicyclic) bond motifs is 1. The first-order chi connectivity index (χ1) is 14.7. The molecule has 7 heteroatoms. The number of carboxylic acid groups (broad SMARTS) is 1. The van der Waals surface area contributed by atoms with Gasteiger partial charge in [-0.1, -0.05) is 30.3 Å². The Morgan fingerprint density at radius 3 is 2.50 bits per heavy atom. The molecule has 0 fully saturated rings. The summed E-state index contributed by atoms with van der Waals surface area (Å²) in [6, 6.07) is 14.2. The molecule has 32 heavy (non-hydrogen) atoms. The third-order valence-corrected chi connectivity index (χ3v) is 6.46. The van der Waals surface area contributed by atoms with Gasteiger partial charge in [0.2, 0.25) is 0 Å². The molecule has 0 heterocycles. The van der Waals surface area contributed by atoms with Crippen molar-refractivity contribution in [3.05, 3.63) is 63.6 Å². The Balaban J connectivity index is 0.00000363. The molecular formula is C25H33BrClNO4. The van der Waals surface area contributed by atoms with Crippen LogP contribution in [0.25, 0.3) is 0 Å². The van der Waals surface area contributed by atoms with Crippen LogP contribution < -0.4 is 10.1 Å². The largest absolute Gasteiger partial charge is 0.490 e. The Labute approximate surface area is 205 Å². The van der Waals surface area contributed by atoms with E-state index in [1.165, 1.54) is 11.1 Å². The van der Waals surface area contributed by atoms with Gasteiger partial charge in [-0.25, -0.2) is 0 Å². The van der Waals surface area contributed by atoms with Gasteiger partial charge in [0.15, 0.2) is 0 Å². The second-order valence-corrected chi connectivity index (χ2v) is 9.99. The lowest BCUT2D eigenvalue weighted by molar-refractivity contribution is -0.136. The Bertz CT molecular complexity index is 880. The number of halogens is 2. The van der Waals surface area contributed by atoms with E-state index in [2.05, 4.69) is 59.4 Å². The highest BCUT2D eigenvalue weighted by molar-refractivity contribution is 9.10. The van der Waals surface area contributed by atoms with Crippen molar-refractivity contribution >= 4 is 34.3 Å². The van der Waals surface area contributed by atoms with Crippen molar-refractivity contribution in [2.24, 2.45) is 5.92 Å². The quantitative estimate of drug-likeness (QED) is 0.392. The lowest BCUT2D eigenvalue weighted by Crippen LogP contribution is -2.46. The van der Waals surface area contributed by atoms with Crippen LogP contribution in [0.5, 0.6) is 5.75 Å². The minimum absolute atomic E-state index is 0. The van der Waals surface area contributed by atoms with Crippen molar-refractivity contribution in [2.45, 2.75) is 57.6 Å². The smallest absolute Gasteiger partial charge is 0.303 e. The predicted octanol–water partition coefficient (Wildman–Crippen LogP) is 4.80. The van der Waals surface area contributed by atoms with Crippen LogP contribution in [-0.4, -0.2) is 41.0 Å². The number of aryl methyl sites for hydroxylation is 1. The van der Waals surface area contributed by atoms with Crippen molar-refractivity contribution in [2.75, 3.05) is 13.2 Å². The summed E-state index contributed by atoms with van der Waals surface area (Å²) in [4.78, 5) is 10.8. The highest BCUT2D eigenvalue weighted by Crippen LogP contribution is 2.32. The average Bonchev–Trinajstić information content (AvgIpc) is 3.12. The zero-order valence-electron chi connectivity index (χ0n) is 18.6. The second-order valence-electron chi connectivity index (χ2n) is 9.14. The number of hydrogen-bond donors (Lipinski definition) is 3. The Hall–Kier alpha value is -1.60. The number of benzene rings is 2. The number of ether oxygens (including phenoxy) is 1. The third kappa shape index (κ3) is 8.07. The molecule has 3 N–H and O–H groups in total. The molecule has 2 aromatic carbocycles. The highest BCUT2D eigenvalue weighted by atomic mass is 79.9. The molecule has 0 unspecified atom stereocenters. The van der Waals surface area contributed by atoms with Gasteiger partial charge in [-0.3, -0.25) is 4.79 Å². The first-order valence-electron chi connectivity index (χ1n) is 10.8. The molecule has 1 aliphatic carbocycles. The van der Waals surface area contributed by atoms with Gasteiger partial charge in [0.25, 0.3) is 0 Å². The zero-order valence-corrected chi connectivity index (χ0v) is 21.0. The van der Waals surface area contributed by atoms with E-state index in [0.29, 0.717) is 24.6 Å². The van der Waals surface area contributed by atoms with E-state index in [9.17, 15) is 9.90 Å². The molecule has 5 nitrogen and oxygen atoms in total. The maximum absolute atomic E-state index is 10.8. The van der Waals surface area contributed by atoms with Crippen LogP contribution in [0, 0.1) is 5.92 Å². The molecule has 0 radical (unpaired) electrons. The zero-order chi connectivity index (χ0) is 22.4. The fourth-order valence-electron chi connectivity index (χ4n) is 4.29. The van der Waals surface area contributed by atoms with Crippen molar-refractivity contribution in [3.63, 3.8) is 0 Å². The van der Waals surface area contributed by atoms with Gasteiger partial charge in [-0.15, -0.1) is 12.4 Å². The topological polar surface area (TPSA) is 78.8 Å². The predicted molar refractivity (Wildman–Crippen MR) is 133 cm³/mol. The van der Waals surface area contributed by atoms with Crippen molar-refractivity contribution in [3.8, 4) is 5.75 Å². The normalized spacial score (nSPS) is 14.5. The van der Waals surface area contributed by atoms with Crippen LogP contribution >= 0.6 is 28.3 Å². The van der Waals surface area contributed by atoms with E-state index in [1.54, 1.807) is 0 Å². The third-order valence-electron chi connectivity index (χ3n) is 5.81. The SMILES string of the molecule is CC(C)(CC1Cc2ccccc2C1)NC[C@H](O)COc1cc(CCC(=O)O)ccc1Br.Cl. The highest BCUT2D eigenvalue weighted by Gasteiger charge is 2.28. The molecule has 0 aliphatic heterocycles. The number of β-amino-alcohol motifs (C(OH)–C–C–N with tert-alkyl or cyclic N) is 1. The summed E-state index contributed by atoms with van der Waals surface area (Å²) in [5.74, 6) is 0.415. The molecule has 2 aromatic rings. The summed E-state index contributed by atoms with van der Waals surface area (Å²) >= 11 is 3.45. The molecule has 0 aromatic heterocycles. The van der Waals surface area contributed by atoms with Crippen LogP contribution in [0.1, 0.15) is 43.4 Å². The number of aliphatic hydroxyl groups is 1. The molecule has 1 atom stereocenters. The lowest BCUT2D eigenvalue weighted by Gasteiger charge is -2.30. The minimum Gasteiger partial charge on any atom is -0.490 e. The Morgan fingerprint density at radius 2 is 1.88 bits per heavy atom. The van der Waals surface area contributed by atoms with Crippen LogP contribution in [0.15, 0.2) is 46.9 Å². The van der Waals surface area contributed by atoms with Gasteiger partial charge in [-0.2, -0.15) is 0 Å². The maximum Gasteiger partial charge on any atom is 0.303 e. The molecule has 0 amide bonds. The van der Waals surface area contributed by atoms with Gasteiger partial charge in [-0.05, 0) is 90.2 Å². The van der Waals surface area contributed by atoms with Crippen LogP contribution in [-0.2, 0) is 24.1 Å². The summed E-state index contributed by atoms with van der Waals surface area (Å²) in [6.07, 6.45) is 3.18. The van der Waals surface area contributed by atoms with E-state index in [0.717, 1.165) is 29.3 Å². The van der Waals surface area contributed by atoms with E-state index in [4.69, 9.17) is 9.84 Å². The summed E-state index contributed by atoms with van der Waals surface area (Å²) in [7, 11) is 0. The fourth-order valence-corrected chi connectivity index (χ4v) is 4.65. The number of carbonyl (C=O) groups is 1. The first-order valence-corrected chi connectivity index (χ1v) is 11.6. The number of hydrogen-bond acceptors (Lipinski definition) is 4. The molecule has 0 saturated carbocycles. The Morgan fingerprint density at radius 1 is 1.22 bits per heavy atom. The van der Waals surface area contributed by atoms with E-state index in [1.807, 2.05) is 18.2 Å². The fraction of sp³-hybridized carbons (Fsp3) is 0.480. The van der Waals surface area contributed by atoms with E-state index in [-0.39, 0.29) is 31.0 Å². The number of carboxylic acids is 1. The van der Waals surface area contributed by atoms with Gasteiger partial charge in [0.1, 0.15) is 18.5 Å². The van der Waals surface area contributed by atoms with Crippen molar-refractivity contribution < 1.29 is 19.7 Å². The standard InChI is InChI=1S/C25H32BrNO4.ClH/c1-25(2,14-18-11-19-5-3-4-6-20(19)12-18)27-15-21(28)16-31-23-13-17(7-9-22(23)26)8-10-24(29)30;/h3-7,9,13,18,21,27-28H,8,10-12,14-16H2,1-2H3,(H,29,30);1H/t21-;/m0./s1. The molecule has 1 aliphatic rings. The molecule has 0 spiro atoms. The van der Waals surface area contributed by atoms with E-state index < -0.39 is 12.1 Å². The number of rotatable bonds is 11. The molecule has 0 bridgehead atoms. The Kier molecular flexibility index (Phi) is 10.0. The summed E-state index contributed by atoms with van der Waals surface area (Å²) in [5, 5.41) is 22.8. The molecule has 0 saturated heterocycles. The van der Waals surface area contributed by atoms with Gasteiger partial charge >= 0.3 is 5.97 Å². The van der Waals surface area contributed by atoms with Crippen molar-refractivity contribution in [1.29, 1.82) is 0 Å². The minimum atomic E-state index is -0.823. The maximum atomic E-state index is 10.8. The summed E-state index contributed by atoms with van der Waals surface area (Å²) in [6.45, 7) is 4.99. The second kappa shape index (κ2) is 12.0. The van der Waals surface area contributed by atoms with Gasteiger partial charge in [0.05, 0.1) is 4.47 Å². The summed E-state index contributed by atoms with van der Waals surface area (Å²) in [5.41, 5.74) is 3.75. The summed E-state index contributed by atoms with van der Waals surface area (Å²) < 4.78 is 6.59. The molecular weight excluding hydrogens is 494 g/mol. The van der Waals surface area contributed by atoms with E-state index >= 15 is 0 Å². The monoisotopic (exact) mass is 525 g/mol.